The summed E-state index contributed by atoms with van der Waals surface area (Å²) in [6, 6.07) is 53.0. The van der Waals surface area contributed by atoms with Crippen LogP contribution in [0.15, 0.2) is 146 Å². The average molecular weight is 577 g/mol. The zero-order chi connectivity index (χ0) is 29.7. The third kappa shape index (κ3) is 4.29. The number of para-hydroxylation sites is 2. The summed E-state index contributed by atoms with van der Waals surface area (Å²) in [5.41, 5.74) is 12.5. The van der Waals surface area contributed by atoms with Crippen LogP contribution in [0.1, 0.15) is 24.0 Å². The first-order valence-corrected chi connectivity index (χ1v) is 16.0. The predicted octanol–water partition coefficient (Wildman–Crippen LogP) is 11.2. The molecule has 1 aliphatic rings. The van der Waals surface area contributed by atoms with Crippen LogP contribution in [0.3, 0.4) is 0 Å². The molecule has 0 N–H and O–H groups in total. The quantitative estimate of drug-likeness (QED) is 0.191. The molecule has 1 aromatic heterocycles. The summed E-state index contributed by atoms with van der Waals surface area (Å²) in [5.74, 6) is 0.954. The van der Waals surface area contributed by atoms with Crippen molar-refractivity contribution in [3.05, 3.63) is 157 Å². The van der Waals surface area contributed by atoms with Crippen LogP contribution in [0, 0.1) is 0 Å². The molecule has 0 saturated heterocycles. The summed E-state index contributed by atoms with van der Waals surface area (Å²) in [5, 5.41) is 5.18. The van der Waals surface area contributed by atoms with Crippen LogP contribution in [-0.2, 0) is 12.8 Å². The molecular weight excluding hydrogens is 544 g/mol. The maximum absolute atomic E-state index is 5.05. The molecule has 0 saturated carbocycles. The Balaban J connectivity index is 1.24. The minimum absolute atomic E-state index is 0.954. The van der Waals surface area contributed by atoms with E-state index < -0.39 is 0 Å². The van der Waals surface area contributed by atoms with Gasteiger partial charge in [0.05, 0.1) is 11.0 Å². The van der Waals surface area contributed by atoms with Crippen molar-refractivity contribution >= 4 is 32.6 Å². The molecule has 0 radical (unpaired) electrons. The van der Waals surface area contributed by atoms with Crippen LogP contribution < -0.4 is 0 Å². The first-order valence-electron chi connectivity index (χ1n) is 16.0. The minimum atomic E-state index is 0.954. The largest absolute Gasteiger partial charge is 0.292 e. The predicted molar refractivity (Wildman–Crippen MR) is 189 cm³/mol. The minimum Gasteiger partial charge on any atom is -0.292 e. The summed E-state index contributed by atoms with van der Waals surface area (Å²) in [6.07, 6.45) is 4.97. The van der Waals surface area contributed by atoms with E-state index in [2.05, 4.69) is 150 Å². The molecule has 7 aromatic carbocycles. The fourth-order valence-electron chi connectivity index (χ4n) is 7.48. The Bertz CT molecular complexity index is 2300. The van der Waals surface area contributed by atoms with Gasteiger partial charge in [-0.15, -0.1) is 0 Å². The summed E-state index contributed by atoms with van der Waals surface area (Å²) in [7, 11) is 0. The summed E-state index contributed by atoms with van der Waals surface area (Å²) in [6.45, 7) is 0. The van der Waals surface area contributed by atoms with Crippen molar-refractivity contribution in [2.75, 3.05) is 0 Å². The van der Waals surface area contributed by atoms with Crippen LogP contribution in [-0.4, -0.2) is 9.55 Å². The Hall–Kier alpha value is -5.47. The molecule has 0 atom stereocenters. The van der Waals surface area contributed by atoms with Gasteiger partial charge in [0.25, 0.3) is 0 Å². The molecule has 0 spiro atoms. The maximum Gasteiger partial charge on any atom is 0.145 e. The molecule has 0 fully saturated rings. The second-order valence-electron chi connectivity index (χ2n) is 12.2. The lowest BCUT2D eigenvalue weighted by molar-refractivity contribution is 0.686. The standard InChI is InChI=1S/C43H32N2/c1-2-13-31(14-3-1)43-44-39-20-10-11-21-40(39)45(43)34-26-24-30(25-27-34)41-35-16-6-8-18-37(35)42(38-19-9-7-17-36(38)41)33-23-22-29-12-4-5-15-32(29)28-33/h1-3,6-11,13-14,16-28H,4-5,12,15H2. The lowest BCUT2D eigenvalue weighted by atomic mass is 9.84. The van der Waals surface area contributed by atoms with E-state index in [0.717, 1.165) is 28.1 Å². The highest BCUT2D eigenvalue weighted by atomic mass is 15.1. The molecule has 45 heavy (non-hydrogen) atoms. The van der Waals surface area contributed by atoms with Crippen molar-refractivity contribution in [2.24, 2.45) is 0 Å². The Kier molecular flexibility index (Phi) is 6.12. The number of fused-ring (bicyclic) bond motifs is 4. The van der Waals surface area contributed by atoms with Gasteiger partial charge in [0.15, 0.2) is 0 Å². The Morgan fingerprint density at radius 2 is 1.00 bits per heavy atom. The van der Waals surface area contributed by atoms with Gasteiger partial charge in [-0.25, -0.2) is 4.98 Å². The van der Waals surface area contributed by atoms with Gasteiger partial charge in [0.2, 0.25) is 0 Å². The number of nitrogens with zero attached hydrogens (tertiary/aromatic N) is 2. The number of benzene rings is 7. The fourth-order valence-corrected chi connectivity index (χ4v) is 7.48. The molecule has 0 aliphatic heterocycles. The highest BCUT2D eigenvalue weighted by Gasteiger charge is 2.19. The molecule has 2 nitrogen and oxygen atoms in total. The highest BCUT2D eigenvalue weighted by molar-refractivity contribution is 6.21. The van der Waals surface area contributed by atoms with Crippen molar-refractivity contribution in [3.63, 3.8) is 0 Å². The van der Waals surface area contributed by atoms with Crippen LogP contribution in [0.25, 0.3) is 71.9 Å². The zero-order valence-corrected chi connectivity index (χ0v) is 25.1. The van der Waals surface area contributed by atoms with E-state index in [9.17, 15) is 0 Å². The number of aryl methyl sites for hydroxylation is 2. The van der Waals surface area contributed by atoms with Crippen LogP contribution in [0.2, 0.25) is 0 Å². The van der Waals surface area contributed by atoms with Gasteiger partial charge in [0.1, 0.15) is 5.82 Å². The third-order valence-corrected chi connectivity index (χ3v) is 9.58. The number of rotatable bonds is 4. The third-order valence-electron chi connectivity index (χ3n) is 9.58. The topological polar surface area (TPSA) is 17.8 Å². The molecule has 214 valence electrons. The molecule has 1 aliphatic carbocycles. The van der Waals surface area contributed by atoms with Crippen molar-refractivity contribution in [1.82, 2.24) is 9.55 Å². The highest BCUT2D eigenvalue weighted by Crippen LogP contribution is 2.44. The molecule has 0 amide bonds. The lowest BCUT2D eigenvalue weighted by Crippen LogP contribution is -2.02. The van der Waals surface area contributed by atoms with Gasteiger partial charge in [-0.1, -0.05) is 121 Å². The molecular formula is C43H32N2. The molecule has 1 heterocycles. The first kappa shape index (κ1) is 26.0. The number of hydrogen-bond donors (Lipinski definition) is 0. The summed E-state index contributed by atoms with van der Waals surface area (Å²) < 4.78 is 2.28. The fraction of sp³-hybridized carbons (Fsp3) is 0.0930. The van der Waals surface area contributed by atoms with Gasteiger partial charge >= 0.3 is 0 Å². The Morgan fingerprint density at radius 3 is 1.69 bits per heavy atom. The average Bonchev–Trinajstić information content (AvgIpc) is 3.51. The lowest BCUT2D eigenvalue weighted by Gasteiger charge is -2.20. The Morgan fingerprint density at radius 1 is 0.444 bits per heavy atom. The zero-order valence-electron chi connectivity index (χ0n) is 25.1. The van der Waals surface area contributed by atoms with Gasteiger partial charge in [-0.3, -0.25) is 4.57 Å². The smallest absolute Gasteiger partial charge is 0.145 e. The van der Waals surface area contributed by atoms with Gasteiger partial charge in [-0.05, 0) is 105 Å². The van der Waals surface area contributed by atoms with Crippen LogP contribution in [0.4, 0.5) is 0 Å². The second-order valence-corrected chi connectivity index (χ2v) is 12.2. The molecule has 0 bridgehead atoms. The maximum atomic E-state index is 5.05. The number of imidazole rings is 1. The molecule has 2 heteroatoms. The van der Waals surface area contributed by atoms with Gasteiger partial charge in [0, 0.05) is 11.3 Å². The molecule has 9 rings (SSSR count). The van der Waals surface area contributed by atoms with Crippen LogP contribution >= 0.6 is 0 Å². The van der Waals surface area contributed by atoms with Crippen molar-refractivity contribution in [2.45, 2.75) is 25.7 Å². The van der Waals surface area contributed by atoms with E-state index in [-0.39, 0.29) is 0 Å². The Labute approximate surface area is 263 Å². The van der Waals surface area contributed by atoms with E-state index in [1.807, 2.05) is 0 Å². The van der Waals surface area contributed by atoms with Gasteiger partial charge in [-0.2, -0.15) is 0 Å². The number of hydrogen-bond acceptors (Lipinski definition) is 1. The summed E-state index contributed by atoms with van der Waals surface area (Å²) >= 11 is 0. The summed E-state index contributed by atoms with van der Waals surface area (Å²) in [4.78, 5) is 5.05. The van der Waals surface area contributed by atoms with Crippen molar-refractivity contribution in [1.29, 1.82) is 0 Å². The molecule has 8 aromatic rings. The van der Waals surface area contributed by atoms with E-state index in [1.165, 1.54) is 80.6 Å². The first-order chi connectivity index (χ1) is 22.3. The second kappa shape index (κ2) is 10.6. The van der Waals surface area contributed by atoms with E-state index in [0.29, 0.717) is 0 Å². The van der Waals surface area contributed by atoms with Crippen molar-refractivity contribution < 1.29 is 0 Å². The van der Waals surface area contributed by atoms with Gasteiger partial charge < -0.3 is 0 Å². The monoisotopic (exact) mass is 576 g/mol. The normalized spacial score (nSPS) is 13.0. The van der Waals surface area contributed by atoms with E-state index in [1.54, 1.807) is 0 Å². The molecule has 0 unspecified atom stereocenters. The van der Waals surface area contributed by atoms with E-state index >= 15 is 0 Å². The SMILES string of the molecule is c1ccc(-c2nc3ccccc3n2-c2ccc(-c3c4ccccc4c(-c4ccc5c(c4)CCCC5)c4ccccc34)cc2)cc1. The number of aromatic nitrogens is 2. The van der Waals surface area contributed by atoms with E-state index in [4.69, 9.17) is 4.98 Å². The van der Waals surface area contributed by atoms with Crippen molar-refractivity contribution in [3.8, 4) is 39.3 Å². The van der Waals surface area contributed by atoms with Crippen LogP contribution in [0.5, 0.6) is 0 Å².